The zero-order valence-electron chi connectivity index (χ0n) is 16.8. The van der Waals surface area contributed by atoms with Crippen molar-refractivity contribution in [1.29, 1.82) is 0 Å². The van der Waals surface area contributed by atoms with Crippen molar-refractivity contribution in [2.75, 3.05) is 15.5 Å². The summed E-state index contributed by atoms with van der Waals surface area (Å²) in [5.41, 5.74) is 0.973. The van der Waals surface area contributed by atoms with Gasteiger partial charge >= 0.3 is 0 Å². The van der Waals surface area contributed by atoms with Crippen molar-refractivity contribution in [1.82, 2.24) is 0 Å². The van der Waals surface area contributed by atoms with E-state index in [9.17, 15) is 14.4 Å². The molecule has 6 nitrogen and oxygen atoms in total. The Morgan fingerprint density at radius 3 is 2.15 bits per heavy atom. The number of halogens is 5. The Labute approximate surface area is 219 Å². The largest absolute Gasteiger partial charge is 0.350 e. The predicted molar refractivity (Wildman–Crippen MR) is 136 cm³/mol. The summed E-state index contributed by atoms with van der Waals surface area (Å²) >= 11 is 30.3. The molecular formula is C23H12Cl5N3O3. The molecule has 1 heterocycles. The lowest BCUT2D eigenvalue weighted by Gasteiger charge is -2.17. The Morgan fingerprint density at radius 1 is 0.765 bits per heavy atom. The van der Waals surface area contributed by atoms with E-state index in [-0.39, 0.29) is 32.0 Å². The van der Waals surface area contributed by atoms with Gasteiger partial charge in [0.15, 0.2) is 0 Å². The Bertz CT molecular complexity index is 1370. The molecule has 1 aliphatic heterocycles. The average Bonchev–Trinajstić information content (AvgIpc) is 2.98. The first-order valence-corrected chi connectivity index (χ1v) is 11.4. The molecule has 3 aromatic rings. The van der Waals surface area contributed by atoms with Crippen LogP contribution >= 0.6 is 58.0 Å². The van der Waals surface area contributed by atoms with Crippen LogP contribution in [0.25, 0.3) is 0 Å². The van der Waals surface area contributed by atoms with E-state index in [1.807, 2.05) is 0 Å². The van der Waals surface area contributed by atoms with Gasteiger partial charge in [0.05, 0.1) is 15.7 Å². The summed E-state index contributed by atoms with van der Waals surface area (Å²) in [7, 11) is 0. The third-order valence-corrected chi connectivity index (χ3v) is 6.31. The van der Waals surface area contributed by atoms with Crippen LogP contribution in [0.1, 0.15) is 10.4 Å². The topological polar surface area (TPSA) is 78.5 Å². The molecule has 34 heavy (non-hydrogen) atoms. The lowest BCUT2D eigenvalue weighted by molar-refractivity contribution is -0.120. The van der Waals surface area contributed by atoms with Crippen LogP contribution in [-0.4, -0.2) is 17.7 Å². The highest BCUT2D eigenvalue weighted by atomic mass is 35.5. The van der Waals surface area contributed by atoms with Crippen molar-refractivity contribution < 1.29 is 14.4 Å². The average molecular weight is 556 g/mol. The smallest absolute Gasteiger partial charge is 0.283 e. The molecule has 0 saturated heterocycles. The maximum atomic E-state index is 13.0. The van der Waals surface area contributed by atoms with Crippen molar-refractivity contribution >= 4 is 92.8 Å². The first-order chi connectivity index (χ1) is 16.2. The van der Waals surface area contributed by atoms with Gasteiger partial charge in [0.2, 0.25) is 0 Å². The van der Waals surface area contributed by atoms with Crippen molar-refractivity contribution in [2.45, 2.75) is 0 Å². The van der Waals surface area contributed by atoms with E-state index in [1.165, 1.54) is 18.2 Å². The molecule has 3 amide bonds. The van der Waals surface area contributed by atoms with Gasteiger partial charge in [-0.25, -0.2) is 4.90 Å². The van der Waals surface area contributed by atoms with Crippen molar-refractivity contribution in [3.8, 4) is 0 Å². The van der Waals surface area contributed by atoms with Crippen LogP contribution < -0.4 is 15.5 Å². The standard InChI is InChI=1S/C23H12Cl5N3O3/c24-12-8-13(25)10-15(9-12)30-21(32)11-3-1-4-14(7-11)29-20-19(28)22(33)31(23(20)34)17-6-2-5-16(26)18(17)27/h1-10,29H,(H,30,32). The number of amides is 3. The first kappa shape index (κ1) is 24.4. The van der Waals surface area contributed by atoms with E-state index >= 15 is 0 Å². The quantitative estimate of drug-likeness (QED) is 0.333. The molecule has 3 aromatic carbocycles. The normalized spacial score (nSPS) is 13.5. The van der Waals surface area contributed by atoms with Crippen LogP contribution in [0.4, 0.5) is 17.1 Å². The number of nitrogens with one attached hydrogen (secondary N) is 2. The highest BCUT2D eigenvalue weighted by Crippen LogP contribution is 2.37. The number of benzene rings is 3. The summed E-state index contributed by atoms with van der Waals surface area (Å²) < 4.78 is 0. The highest BCUT2D eigenvalue weighted by molar-refractivity contribution is 6.54. The highest BCUT2D eigenvalue weighted by Gasteiger charge is 2.40. The molecule has 0 unspecified atom stereocenters. The molecule has 4 rings (SSSR count). The molecule has 1 aliphatic rings. The minimum Gasteiger partial charge on any atom is -0.350 e. The SMILES string of the molecule is O=C(Nc1cc(Cl)cc(Cl)c1)c1cccc(NC2=C(Cl)C(=O)N(c3cccc(Cl)c3Cl)C2=O)c1. The third kappa shape index (κ3) is 4.87. The van der Waals surface area contributed by atoms with Crippen LogP contribution in [0.3, 0.4) is 0 Å². The van der Waals surface area contributed by atoms with Crippen LogP contribution in [0.5, 0.6) is 0 Å². The number of hydrogen-bond donors (Lipinski definition) is 2. The lowest BCUT2D eigenvalue weighted by atomic mass is 10.1. The lowest BCUT2D eigenvalue weighted by Crippen LogP contribution is -2.32. The molecule has 172 valence electrons. The molecule has 0 aliphatic carbocycles. The van der Waals surface area contributed by atoms with Crippen molar-refractivity contribution in [2.24, 2.45) is 0 Å². The predicted octanol–water partition coefficient (Wildman–Crippen LogP) is 6.99. The summed E-state index contributed by atoms with van der Waals surface area (Å²) in [5.74, 6) is -1.92. The van der Waals surface area contributed by atoms with Crippen molar-refractivity contribution in [3.63, 3.8) is 0 Å². The molecule has 0 spiro atoms. The van der Waals surface area contributed by atoms with Crippen molar-refractivity contribution in [3.05, 3.63) is 97.0 Å². The molecule has 0 aromatic heterocycles. The summed E-state index contributed by atoms with van der Waals surface area (Å²) in [5, 5.41) is 6.14. The number of rotatable bonds is 5. The summed E-state index contributed by atoms with van der Waals surface area (Å²) in [6.07, 6.45) is 0. The number of hydrogen-bond acceptors (Lipinski definition) is 4. The first-order valence-electron chi connectivity index (χ1n) is 9.53. The van der Waals surface area contributed by atoms with Gasteiger partial charge in [0, 0.05) is 27.0 Å². The van der Waals surface area contributed by atoms with Crippen LogP contribution in [0.15, 0.2) is 71.4 Å². The second-order valence-corrected chi connectivity index (χ2v) is 9.06. The zero-order valence-corrected chi connectivity index (χ0v) is 20.6. The van der Waals surface area contributed by atoms with Crippen LogP contribution in [0, 0.1) is 0 Å². The van der Waals surface area contributed by atoms with Gasteiger partial charge in [0.1, 0.15) is 10.7 Å². The second kappa shape index (κ2) is 9.86. The van der Waals surface area contributed by atoms with E-state index < -0.39 is 17.7 Å². The van der Waals surface area contributed by atoms with Gasteiger partial charge in [0.25, 0.3) is 17.7 Å². The number of nitrogens with zero attached hydrogens (tertiary/aromatic N) is 1. The van der Waals surface area contributed by atoms with E-state index in [2.05, 4.69) is 10.6 Å². The maximum Gasteiger partial charge on any atom is 0.283 e. The molecule has 0 bridgehead atoms. The van der Waals surface area contributed by atoms with Gasteiger partial charge < -0.3 is 10.6 Å². The van der Waals surface area contributed by atoms with Crippen LogP contribution in [-0.2, 0) is 9.59 Å². The fraction of sp³-hybridized carbons (Fsp3) is 0. The van der Waals surface area contributed by atoms with Crippen LogP contribution in [0.2, 0.25) is 20.1 Å². The molecular weight excluding hydrogens is 544 g/mol. The van der Waals surface area contributed by atoms with E-state index in [4.69, 9.17) is 58.0 Å². The van der Waals surface area contributed by atoms with Gasteiger partial charge in [-0.1, -0.05) is 70.1 Å². The second-order valence-electron chi connectivity index (χ2n) is 7.03. The number of anilines is 3. The van der Waals surface area contributed by atoms with E-state index in [1.54, 1.807) is 42.5 Å². The Kier molecular flexibility index (Phi) is 7.07. The van der Waals surface area contributed by atoms with E-state index in [0.717, 1.165) is 4.90 Å². The summed E-state index contributed by atoms with van der Waals surface area (Å²) in [6.45, 7) is 0. The summed E-state index contributed by atoms with van der Waals surface area (Å²) in [4.78, 5) is 39.2. The molecule has 11 heteroatoms. The molecule has 0 fully saturated rings. The number of carbonyl (C=O) groups is 3. The van der Waals surface area contributed by atoms with Gasteiger partial charge in [-0.3, -0.25) is 14.4 Å². The molecule has 0 radical (unpaired) electrons. The fourth-order valence-electron chi connectivity index (χ4n) is 3.21. The van der Waals surface area contributed by atoms with E-state index in [0.29, 0.717) is 21.4 Å². The van der Waals surface area contributed by atoms with Gasteiger partial charge in [-0.2, -0.15) is 0 Å². The molecule has 0 atom stereocenters. The molecule has 2 N–H and O–H groups in total. The monoisotopic (exact) mass is 553 g/mol. The fourth-order valence-corrected chi connectivity index (χ4v) is 4.33. The minimum atomic E-state index is -0.759. The Balaban J connectivity index is 1.56. The zero-order chi connectivity index (χ0) is 24.6. The molecule has 0 saturated carbocycles. The van der Waals surface area contributed by atoms with Gasteiger partial charge in [-0.05, 0) is 48.5 Å². The minimum absolute atomic E-state index is 0.0383. The Hall–Kier alpha value is -2.74. The maximum absolute atomic E-state index is 13.0. The third-order valence-electron chi connectivity index (χ3n) is 4.71. The van der Waals surface area contributed by atoms with Gasteiger partial charge in [-0.15, -0.1) is 0 Å². The Morgan fingerprint density at radius 2 is 1.44 bits per heavy atom. The number of carbonyl (C=O) groups excluding carboxylic acids is 3. The summed E-state index contributed by atoms with van der Waals surface area (Å²) in [6, 6.07) is 15.5. The number of imide groups is 1.